The van der Waals surface area contributed by atoms with Crippen LogP contribution in [0.25, 0.3) is 0 Å². The second-order valence-corrected chi connectivity index (χ2v) is 2.22. The maximum atomic E-state index is 10.4. The Balaban J connectivity index is 2.47. The van der Waals surface area contributed by atoms with Gasteiger partial charge in [-0.05, 0) is 0 Å². The third-order valence-corrected chi connectivity index (χ3v) is 1.57. The van der Waals surface area contributed by atoms with E-state index in [-0.39, 0.29) is 12.1 Å². The molecule has 0 aromatic heterocycles. The zero-order valence-corrected chi connectivity index (χ0v) is 5.56. The van der Waals surface area contributed by atoms with Gasteiger partial charge in [-0.3, -0.25) is 0 Å². The molecule has 2 amide bonds. The highest BCUT2D eigenvalue weighted by Crippen LogP contribution is 1.98. The second-order valence-electron chi connectivity index (χ2n) is 1.85. The lowest BCUT2D eigenvalue weighted by Crippen LogP contribution is -2.34. The first-order valence-electron chi connectivity index (χ1n) is 2.60. The van der Waals surface area contributed by atoms with Gasteiger partial charge in [0.1, 0.15) is 6.23 Å². The number of aliphatic hydroxyl groups excluding tert-OH is 1. The number of nitrogens with one attached hydrogen (secondary N) is 2. The Bertz CT molecular complexity index is 130. The quantitative estimate of drug-likeness (QED) is 0.357. The third-order valence-electron chi connectivity index (χ3n) is 1.17. The molecule has 1 fully saturated rings. The van der Waals surface area contributed by atoms with Crippen molar-refractivity contribution in [2.45, 2.75) is 12.3 Å². The fourth-order valence-corrected chi connectivity index (χ4v) is 0.960. The first-order valence-corrected chi connectivity index (χ1v) is 3.23. The van der Waals surface area contributed by atoms with Gasteiger partial charge in [0.2, 0.25) is 0 Å². The van der Waals surface area contributed by atoms with Crippen LogP contribution in [-0.2, 0) is 0 Å². The van der Waals surface area contributed by atoms with Crippen LogP contribution in [0.1, 0.15) is 0 Å². The van der Waals surface area contributed by atoms with Crippen LogP contribution in [0.5, 0.6) is 0 Å². The summed E-state index contributed by atoms with van der Waals surface area (Å²) in [6.45, 7) is 0. The Labute approximate surface area is 58.0 Å². The summed E-state index contributed by atoms with van der Waals surface area (Å²) in [5.74, 6) is 0.444. The van der Waals surface area contributed by atoms with Crippen molar-refractivity contribution in [3.63, 3.8) is 0 Å². The number of hydrogen-bond donors (Lipinski definition) is 4. The van der Waals surface area contributed by atoms with Gasteiger partial charge in [-0.1, -0.05) is 0 Å². The Kier molecular flexibility index (Phi) is 1.82. The van der Waals surface area contributed by atoms with Crippen LogP contribution in [-0.4, -0.2) is 29.2 Å². The summed E-state index contributed by atoms with van der Waals surface area (Å²) >= 11 is 3.90. The van der Waals surface area contributed by atoms with Crippen molar-refractivity contribution >= 4 is 18.7 Å². The van der Waals surface area contributed by atoms with Crippen LogP contribution in [0.3, 0.4) is 0 Å². The highest BCUT2D eigenvalue weighted by Gasteiger charge is 2.27. The standard InChI is InChI=1S/C4H8N2O2S/c7-3-2(1-9)5-4(8)6-3/h2-3,7,9H,1H2,(H2,5,6,8). The molecule has 1 saturated heterocycles. The van der Waals surface area contributed by atoms with Gasteiger partial charge in [-0.2, -0.15) is 12.6 Å². The molecule has 5 heteroatoms. The third kappa shape index (κ3) is 1.28. The maximum absolute atomic E-state index is 10.4. The molecule has 1 heterocycles. The topological polar surface area (TPSA) is 61.4 Å². The molecule has 0 saturated carbocycles. The summed E-state index contributed by atoms with van der Waals surface area (Å²) in [7, 11) is 0. The Hall–Kier alpha value is -0.420. The van der Waals surface area contributed by atoms with Crippen molar-refractivity contribution in [2.24, 2.45) is 0 Å². The van der Waals surface area contributed by atoms with E-state index in [1.54, 1.807) is 0 Å². The fraction of sp³-hybridized carbons (Fsp3) is 0.750. The van der Waals surface area contributed by atoms with E-state index in [0.717, 1.165) is 0 Å². The number of aliphatic hydroxyl groups is 1. The van der Waals surface area contributed by atoms with Gasteiger partial charge in [0.25, 0.3) is 0 Å². The number of thiol groups is 1. The monoisotopic (exact) mass is 148 g/mol. The van der Waals surface area contributed by atoms with Crippen molar-refractivity contribution in [2.75, 3.05) is 5.75 Å². The van der Waals surface area contributed by atoms with Crippen LogP contribution in [0.2, 0.25) is 0 Å². The van der Waals surface area contributed by atoms with Gasteiger partial charge in [0.05, 0.1) is 6.04 Å². The molecule has 3 N–H and O–H groups in total. The van der Waals surface area contributed by atoms with Crippen molar-refractivity contribution in [1.82, 2.24) is 10.6 Å². The van der Waals surface area contributed by atoms with E-state index in [1.807, 2.05) is 0 Å². The van der Waals surface area contributed by atoms with Crippen LogP contribution < -0.4 is 10.6 Å². The molecule has 0 aromatic carbocycles. The molecular formula is C4H8N2O2S. The van der Waals surface area contributed by atoms with E-state index < -0.39 is 6.23 Å². The lowest BCUT2D eigenvalue weighted by Gasteiger charge is -2.07. The van der Waals surface area contributed by atoms with Gasteiger partial charge in [0, 0.05) is 5.75 Å². The second kappa shape index (κ2) is 2.45. The first kappa shape index (κ1) is 6.70. The van der Waals surface area contributed by atoms with Crippen LogP contribution in [0, 0.1) is 0 Å². The summed E-state index contributed by atoms with van der Waals surface area (Å²) < 4.78 is 0. The molecule has 0 spiro atoms. The van der Waals surface area contributed by atoms with E-state index >= 15 is 0 Å². The van der Waals surface area contributed by atoms with E-state index in [4.69, 9.17) is 5.11 Å². The number of hydrogen-bond acceptors (Lipinski definition) is 3. The summed E-state index contributed by atoms with van der Waals surface area (Å²) in [6.07, 6.45) is -0.782. The summed E-state index contributed by atoms with van der Waals surface area (Å²) in [5, 5.41) is 13.7. The molecule has 2 unspecified atom stereocenters. The van der Waals surface area contributed by atoms with Gasteiger partial charge < -0.3 is 15.7 Å². The lowest BCUT2D eigenvalue weighted by atomic mass is 10.3. The Morgan fingerprint density at radius 1 is 1.67 bits per heavy atom. The molecule has 1 rings (SSSR count). The minimum Gasteiger partial charge on any atom is -0.371 e. The van der Waals surface area contributed by atoms with Crippen molar-refractivity contribution in [3.05, 3.63) is 0 Å². The average Bonchev–Trinajstić information content (AvgIpc) is 2.10. The van der Waals surface area contributed by atoms with E-state index in [9.17, 15) is 4.79 Å². The summed E-state index contributed by atoms with van der Waals surface area (Å²) in [4.78, 5) is 10.4. The van der Waals surface area contributed by atoms with Gasteiger partial charge in [0.15, 0.2) is 0 Å². The van der Waals surface area contributed by atoms with E-state index in [0.29, 0.717) is 5.75 Å². The van der Waals surface area contributed by atoms with E-state index in [1.165, 1.54) is 0 Å². The molecule has 0 aliphatic carbocycles. The zero-order chi connectivity index (χ0) is 6.85. The van der Waals surface area contributed by atoms with Crippen LogP contribution in [0.4, 0.5) is 4.79 Å². The maximum Gasteiger partial charge on any atom is 0.317 e. The minimum atomic E-state index is -0.782. The smallest absolute Gasteiger partial charge is 0.317 e. The van der Waals surface area contributed by atoms with Crippen molar-refractivity contribution in [3.8, 4) is 0 Å². The normalized spacial score (nSPS) is 33.8. The van der Waals surface area contributed by atoms with Crippen molar-refractivity contribution < 1.29 is 9.90 Å². The molecule has 52 valence electrons. The van der Waals surface area contributed by atoms with Gasteiger partial charge >= 0.3 is 6.03 Å². The minimum absolute atomic E-state index is 0.249. The molecule has 4 nitrogen and oxygen atoms in total. The SMILES string of the molecule is O=C1NC(O)C(CS)N1. The molecule has 2 atom stereocenters. The average molecular weight is 148 g/mol. The van der Waals surface area contributed by atoms with Gasteiger partial charge in [-0.25, -0.2) is 4.79 Å². The molecule has 0 radical (unpaired) electrons. The summed E-state index contributed by atoms with van der Waals surface area (Å²) in [6, 6.07) is -0.581. The largest absolute Gasteiger partial charge is 0.371 e. The molecular weight excluding hydrogens is 140 g/mol. The Morgan fingerprint density at radius 2 is 2.33 bits per heavy atom. The predicted octanol–water partition coefficient (Wildman–Crippen LogP) is -1.08. The molecule has 0 bridgehead atoms. The zero-order valence-electron chi connectivity index (χ0n) is 4.66. The molecule has 1 aliphatic heterocycles. The van der Waals surface area contributed by atoms with Crippen LogP contribution in [0.15, 0.2) is 0 Å². The Morgan fingerprint density at radius 3 is 2.56 bits per heavy atom. The summed E-state index contributed by atoms with van der Waals surface area (Å²) in [5.41, 5.74) is 0. The number of amides is 2. The number of carbonyl (C=O) groups excluding carboxylic acids is 1. The van der Waals surface area contributed by atoms with Crippen LogP contribution >= 0.6 is 12.6 Å². The number of urea groups is 1. The van der Waals surface area contributed by atoms with E-state index in [2.05, 4.69) is 23.3 Å². The first-order chi connectivity index (χ1) is 4.24. The highest BCUT2D eigenvalue weighted by molar-refractivity contribution is 7.80. The molecule has 9 heavy (non-hydrogen) atoms. The number of rotatable bonds is 1. The number of carbonyl (C=O) groups is 1. The lowest BCUT2D eigenvalue weighted by molar-refractivity contribution is 0.147. The fourth-order valence-electron chi connectivity index (χ4n) is 0.669. The van der Waals surface area contributed by atoms with Crippen molar-refractivity contribution in [1.29, 1.82) is 0 Å². The molecule has 0 aromatic rings. The predicted molar refractivity (Wildman–Crippen MR) is 35.3 cm³/mol. The highest BCUT2D eigenvalue weighted by atomic mass is 32.1. The van der Waals surface area contributed by atoms with Gasteiger partial charge in [-0.15, -0.1) is 0 Å². The molecule has 1 aliphatic rings.